The number of hydrogen-bond donors (Lipinski definition) is 3. The smallest absolute Gasteiger partial charge is 0.268 e. The highest BCUT2D eigenvalue weighted by atomic mass is 32.2. The van der Waals surface area contributed by atoms with E-state index in [1.54, 1.807) is 10.6 Å². The number of likely N-dealkylation sites (tertiary alicyclic amines) is 1. The molecule has 31 heavy (non-hydrogen) atoms. The minimum Gasteiger partial charge on any atom is -0.506 e. The van der Waals surface area contributed by atoms with Gasteiger partial charge in [0.25, 0.3) is 21.6 Å². The number of aromatic nitrogens is 1. The van der Waals surface area contributed by atoms with Gasteiger partial charge in [-0.3, -0.25) is 18.7 Å². The molecule has 1 aliphatic heterocycles. The molecule has 0 atom stereocenters. The van der Waals surface area contributed by atoms with E-state index in [9.17, 15) is 23.1 Å². The lowest BCUT2D eigenvalue weighted by molar-refractivity contribution is 0.0946. The van der Waals surface area contributed by atoms with Crippen LogP contribution in [-0.4, -0.2) is 65.9 Å². The maximum absolute atomic E-state index is 12.8. The summed E-state index contributed by atoms with van der Waals surface area (Å²) in [5.74, 6) is -0.703. The fourth-order valence-electron chi connectivity index (χ4n) is 3.57. The van der Waals surface area contributed by atoms with Crippen LogP contribution in [0, 0.1) is 0 Å². The number of fused-ring (bicyclic) bond motifs is 1. The van der Waals surface area contributed by atoms with Crippen molar-refractivity contribution in [2.75, 3.05) is 32.4 Å². The molecule has 0 spiro atoms. The van der Waals surface area contributed by atoms with Gasteiger partial charge in [0, 0.05) is 12.6 Å². The molecule has 3 heterocycles. The average molecular weight is 474 g/mol. The number of hydrogen-bond acceptors (Lipinski definition) is 7. The van der Waals surface area contributed by atoms with Crippen molar-refractivity contribution in [3.8, 4) is 5.75 Å². The lowest BCUT2D eigenvalue weighted by atomic mass is 10.1. The monoisotopic (exact) mass is 473 g/mol. The third-order valence-electron chi connectivity index (χ3n) is 4.92. The molecule has 0 bridgehead atoms. The van der Waals surface area contributed by atoms with E-state index in [4.69, 9.17) is 4.55 Å². The fraction of sp³-hybridized carbons (Fsp3) is 0.600. The van der Waals surface area contributed by atoms with Crippen LogP contribution in [0.5, 0.6) is 5.75 Å². The minimum atomic E-state index is -3.67. The number of piperidine rings is 1. The third kappa shape index (κ3) is 7.30. The Bertz CT molecular complexity index is 1040. The zero-order chi connectivity index (χ0) is 23.2. The molecule has 1 saturated heterocycles. The Morgan fingerprint density at radius 1 is 1.26 bits per heavy atom. The first-order valence-electron chi connectivity index (χ1n) is 10.3. The molecule has 0 radical (unpaired) electrons. The van der Waals surface area contributed by atoms with E-state index in [1.165, 1.54) is 30.6 Å². The maximum Gasteiger partial charge on any atom is 0.268 e. The maximum atomic E-state index is 12.8. The predicted molar refractivity (Wildman–Crippen MR) is 123 cm³/mol. The van der Waals surface area contributed by atoms with Gasteiger partial charge in [-0.15, -0.1) is 11.3 Å². The van der Waals surface area contributed by atoms with Crippen LogP contribution < -0.4 is 10.9 Å². The molecular formula is C20H31N3O6S2. The molecule has 0 saturated carbocycles. The van der Waals surface area contributed by atoms with E-state index >= 15 is 0 Å². The van der Waals surface area contributed by atoms with Gasteiger partial charge in [-0.1, -0.05) is 6.42 Å². The number of nitrogens with one attached hydrogen (secondary N) is 1. The van der Waals surface area contributed by atoms with Gasteiger partial charge in [0.2, 0.25) is 0 Å². The summed E-state index contributed by atoms with van der Waals surface area (Å²) < 4.78 is 27.5. The van der Waals surface area contributed by atoms with Gasteiger partial charge in [-0.25, -0.2) is 0 Å². The molecule has 0 aliphatic carbocycles. The lowest BCUT2D eigenvalue weighted by Crippen LogP contribution is -2.36. The van der Waals surface area contributed by atoms with Crippen LogP contribution in [0.3, 0.4) is 0 Å². The minimum absolute atomic E-state index is 0.0881. The Morgan fingerprint density at radius 3 is 2.45 bits per heavy atom. The van der Waals surface area contributed by atoms with Crippen LogP contribution in [0.25, 0.3) is 10.2 Å². The van der Waals surface area contributed by atoms with Crippen molar-refractivity contribution in [3.05, 3.63) is 27.4 Å². The van der Waals surface area contributed by atoms with E-state index in [2.05, 4.69) is 10.2 Å². The summed E-state index contributed by atoms with van der Waals surface area (Å²) in [6.45, 7) is 7.50. The molecule has 174 valence electrons. The van der Waals surface area contributed by atoms with Gasteiger partial charge in [-0.2, -0.15) is 8.42 Å². The van der Waals surface area contributed by atoms with Gasteiger partial charge in [0.15, 0.2) is 0 Å². The largest absolute Gasteiger partial charge is 0.506 e. The quantitative estimate of drug-likeness (QED) is 0.434. The fourth-order valence-corrected chi connectivity index (χ4v) is 4.60. The van der Waals surface area contributed by atoms with E-state index in [0.29, 0.717) is 23.0 Å². The molecule has 0 aromatic carbocycles. The molecule has 2 aromatic heterocycles. The second kappa shape index (κ2) is 11.1. The zero-order valence-corrected chi connectivity index (χ0v) is 19.8. The summed E-state index contributed by atoms with van der Waals surface area (Å²) in [6, 6.07) is 1.66. The number of nitrogens with zero attached hydrogens (tertiary/aromatic N) is 2. The molecule has 1 fully saturated rings. The summed E-state index contributed by atoms with van der Waals surface area (Å²) in [5.41, 5.74) is -0.580. The standard InChI is InChI=1S/C19H27N3O3S.CH4O3S/c1-13(2)22-18(25)15(16(23)14-7-12-26-19(14)22)17(24)20-8-6-11-21-9-4-3-5-10-21;1-5(2,3)4/h7,12-13,23H,3-6,8-11H2,1-2H3,(H,20,24);1H3,(H,2,3,4). The van der Waals surface area contributed by atoms with E-state index in [-0.39, 0.29) is 17.4 Å². The molecule has 9 nitrogen and oxygen atoms in total. The number of rotatable bonds is 6. The van der Waals surface area contributed by atoms with Gasteiger partial charge < -0.3 is 15.3 Å². The van der Waals surface area contributed by atoms with Gasteiger partial charge in [0.1, 0.15) is 16.1 Å². The van der Waals surface area contributed by atoms with Crippen molar-refractivity contribution in [3.63, 3.8) is 0 Å². The van der Waals surface area contributed by atoms with E-state index in [1.807, 2.05) is 19.2 Å². The highest BCUT2D eigenvalue weighted by Gasteiger charge is 2.23. The van der Waals surface area contributed by atoms with Gasteiger partial charge >= 0.3 is 0 Å². The number of carbonyl (C=O) groups is 1. The molecule has 3 N–H and O–H groups in total. The molecule has 2 aromatic rings. The van der Waals surface area contributed by atoms with Crippen LogP contribution in [0.1, 0.15) is 55.9 Å². The zero-order valence-electron chi connectivity index (χ0n) is 18.1. The molecule has 3 rings (SSSR count). The number of amides is 1. The van der Waals surface area contributed by atoms with Crippen LogP contribution in [0.2, 0.25) is 0 Å². The Morgan fingerprint density at radius 2 is 1.87 bits per heavy atom. The summed E-state index contributed by atoms with van der Waals surface area (Å²) >= 11 is 1.39. The molecular weight excluding hydrogens is 442 g/mol. The molecule has 0 unspecified atom stereocenters. The summed E-state index contributed by atoms with van der Waals surface area (Å²) in [4.78, 5) is 28.5. The topological polar surface area (TPSA) is 129 Å². The van der Waals surface area contributed by atoms with Crippen molar-refractivity contribution in [2.45, 2.75) is 45.6 Å². The highest BCUT2D eigenvalue weighted by Crippen LogP contribution is 2.31. The average Bonchev–Trinajstić information content (AvgIpc) is 3.14. The van der Waals surface area contributed by atoms with Crippen LogP contribution in [0.15, 0.2) is 16.2 Å². The van der Waals surface area contributed by atoms with Gasteiger partial charge in [-0.05, 0) is 64.2 Å². The summed E-state index contributed by atoms with van der Waals surface area (Å²) in [6.07, 6.45) is 5.35. The first-order chi connectivity index (χ1) is 14.5. The first-order valence-corrected chi connectivity index (χ1v) is 13.0. The Labute approximate surface area is 186 Å². The van der Waals surface area contributed by atoms with Crippen molar-refractivity contribution in [1.82, 2.24) is 14.8 Å². The molecule has 1 amide bonds. The second-order valence-electron chi connectivity index (χ2n) is 7.88. The molecule has 1 aliphatic rings. The second-order valence-corrected chi connectivity index (χ2v) is 10.2. The Hall–Kier alpha value is -1.95. The molecule has 11 heteroatoms. The van der Waals surface area contributed by atoms with Crippen LogP contribution in [0.4, 0.5) is 0 Å². The van der Waals surface area contributed by atoms with Crippen molar-refractivity contribution in [2.24, 2.45) is 0 Å². The Balaban J connectivity index is 0.000000614. The lowest BCUT2D eigenvalue weighted by Gasteiger charge is -2.26. The Kier molecular flexibility index (Phi) is 9.04. The SMILES string of the molecule is CC(C)n1c(=O)c(C(=O)NCCCN2CCCCC2)c(O)c2ccsc21.CS(=O)(=O)O. The van der Waals surface area contributed by atoms with Crippen molar-refractivity contribution >= 4 is 37.6 Å². The van der Waals surface area contributed by atoms with Crippen LogP contribution >= 0.6 is 11.3 Å². The number of pyridine rings is 1. The van der Waals surface area contributed by atoms with Crippen LogP contribution in [-0.2, 0) is 10.1 Å². The third-order valence-corrected chi connectivity index (χ3v) is 5.83. The predicted octanol–water partition coefficient (Wildman–Crippen LogP) is 2.46. The first kappa shape index (κ1) is 25.3. The number of aromatic hydroxyl groups is 1. The number of thiophene rings is 1. The van der Waals surface area contributed by atoms with Gasteiger partial charge in [0.05, 0.1) is 11.6 Å². The summed E-state index contributed by atoms with van der Waals surface area (Å²) in [7, 11) is -3.67. The normalized spacial score (nSPS) is 15.0. The number of carbonyl (C=O) groups excluding carboxylic acids is 1. The van der Waals surface area contributed by atoms with Crippen molar-refractivity contribution in [1.29, 1.82) is 0 Å². The van der Waals surface area contributed by atoms with E-state index < -0.39 is 21.6 Å². The van der Waals surface area contributed by atoms with Crippen molar-refractivity contribution < 1.29 is 22.9 Å². The van der Waals surface area contributed by atoms with E-state index in [0.717, 1.165) is 26.1 Å². The summed E-state index contributed by atoms with van der Waals surface area (Å²) in [5, 5.41) is 15.7. The highest BCUT2D eigenvalue weighted by molar-refractivity contribution is 7.85.